The summed E-state index contributed by atoms with van der Waals surface area (Å²) >= 11 is 0. The van der Waals surface area contributed by atoms with Crippen molar-refractivity contribution in [3.63, 3.8) is 0 Å². The molecule has 0 aliphatic carbocycles. The molecule has 0 saturated carbocycles. The quantitative estimate of drug-likeness (QED) is 0.715. The number of amides is 2. The molecule has 182 valence electrons. The Balaban J connectivity index is 1.53. The normalized spacial score (nSPS) is 20.2. The summed E-state index contributed by atoms with van der Waals surface area (Å²) in [7, 11) is -3.77. The molecule has 2 heterocycles. The largest absolute Gasteiger partial charge is 0.322 e. The number of benzene rings is 2. The summed E-state index contributed by atoms with van der Waals surface area (Å²) in [5.74, 6) is -0.981. The van der Waals surface area contributed by atoms with Crippen LogP contribution in [-0.2, 0) is 19.6 Å². The summed E-state index contributed by atoms with van der Waals surface area (Å²) in [6, 6.07) is 11.4. The predicted molar refractivity (Wildman–Crippen MR) is 127 cm³/mol. The van der Waals surface area contributed by atoms with Crippen LogP contribution in [0.25, 0.3) is 0 Å². The maximum absolute atomic E-state index is 13.7. The van der Waals surface area contributed by atoms with Gasteiger partial charge in [-0.25, -0.2) is 12.8 Å². The van der Waals surface area contributed by atoms with E-state index < -0.39 is 27.4 Å². The van der Waals surface area contributed by atoms with E-state index in [0.29, 0.717) is 37.4 Å². The molecule has 34 heavy (non-hydrogen) atoms. The minimum absolute atomic E-state index is 0.0455. The van der Waals surface area contributed by atoms with Crippen molar-refractivity contribution in [3.8, 4) is 0 Å². The minimum Gasteiger partial charge on any atom is -0.322 e. The highest BCUT2D eigenvalue weighted by atomic mass is 32.2. The molecule has 1 saturated heterocycles. The number of anilines is 2. The van der Waals surface area contributed by atoms with Crippen molar-refractivity contribution in [1.29, 1.82) is 0 Å². The Morgan fingerprint density at radius 3 is 2.41 bits per heavy atom. The second-order valence-corrected chi connectivity index (χ2v) is 11.1. The first-order valence-corrected chi connectivity index (χ1v) is 12.7. The highest BCUT2D eigenvalue weighted by molar-refractivity contribution is 7.89. The number of para-hydroxylation sites is 2. The summed E-state index contributed by atoms with van der Waals surface area (Å²) in [5, 5.41) is 2.86. The van der Waals surface area contributed by atoms with Gasteiger partial charge in [-0.1, -0.05) is 12.1 Å². The minimum atomic E-state index is -3.77. The van der Waals surface area contributed by atoms with Crippen molar-refractivity contribution < 1.29 is 22.4 Å². The van der Waals surface area contributed by atoms with Gasteiger partial charge in [0.25, 0.3) is 0 Å². The molecule has 2 aromatic rings. The summed E-state index contributed by atoms with van der Waals surface area (Å²) in [4.78, 5) is 30.0. The second-order valence-electron chi connectivity index (χ2n) is 9.13. The number of halogens is 1. The van der Waals surface area contributed by atoms with Gasteiger partial charge >= 0.3 is 0 Å². The Kier molecular flexibility index (Phi) is 6.50. The zero-order valence-corrected chi connectivity index (χ0v) is 20.3. The standard InChI is InChI=1S/C24H29FN4O4S/c1-17(22(30)29-21-8-5-4-7-20(21)26-23(31)24(29,2)3)27-13-6-14-28(16-15-27)34(32,33)19-11-9-18(25)10-12-19/h4-5,7-12,17H,6,13-16H2,1-3H3,(H,26,31). The molecule has 0 aromatic heterocycles. The van der Waals surface area contributed by atoms with Crippen LogP contribution < -0.4 is 10.2 Å². The molecule has 2 aliphatic heterocycles. The number of hydrogen-bond donors (Lipinski definition) is 1. The van der Waals surface area contributed by atoms with Crippen LogP contribution in [0.5, 0.6) is 0 Å². The number of nitrogens with one attached hydrogen (secondary N) is 1. The summed E-state index contributed by atoms with van der Waals surface area (Å²) in [6.45, 7) is 6.61. The molecule has 4 rings (SSSR count). The molecule has 2 aromatic carbocycles. The van der Waals surface area contributed by atoms with Crippen molar-refractivity contribution in [2.45, 2.75) is 43.7 Å². The van der Waals surface area contributed by atoms with Gasteiger partial charge in [0.1, 0.15) is 11.4 Å². The van der Waals surface area contributed by atoms with E-state index in [-0.39, 0.29) is 23.3 Å². The average Bonchev–Trinajstić information content (AvgIpc) is 3.06. The smallest absolute Gasteiger partial charge is 0.250 e. The molecule has 10 heteroatoms. The van der Waals surface area contributed by atoms with Crippen molar-refractivity contribution in [3.05, 3.63) is 54.3 Å². The van der Waals surface area contributed by atoms with E-state index in [1.165, 1.54) is 16.4 Å². The topological polar surface area (TPSA) is 90.0 Å². The Morgan fingerprint density at radius 2 is 1.71 bits per heavy atom. The van der Waals surface area contributed by atoms with Gasteiger partial charge in [0, 0.05) is 26.2 Å². The zero-order chi connectivity index (χ0) is 24.7. The van der Waals surface area contributed by atoms with E-state index in [2.05, 4.69) is 5.32 Å². The van der Waals surface area contributed by atoms with Gasteiger partial charge in [0.2, 0.25) is 21.8 Å². The van der Waals surface area contributed by atoms with Crippen molar-refractivity contribution in [1.82, 2.24) is 9.21 Å². The Labute approximate surface area is 199 Å². The maximum atomic E-state index is 13.7. The summed E-state index contributed by atoms with van der Waals surface area (Å²) < 4.78 is 40.7. The zero-order valence-electron chi connectivity index (χ0n) is 19.5. The fourth-order valence-electron chi connectivity index (χ4n) is 4.49. The molecule has 0 spiro atoms. The van der Waals surface area contributed by atoms with Crippen LogP contribution in [0.15, 0.2) is 53.4 Å². The molecule has 8 nitrogen and oxygen atoms in total. The Morgan fingerprint density at radius 1 is 1.03 bits per heavy atom. The van der Waals surface area contributed by atoms with Crippen LogP contribution in [-0.4, -0.2) is 67.2 Å². The molecule has 1 N–H and O–H groups in total. The van der Waals surface area contributed by atoms with Crippen LogP contribution in [0.1, 0.15) is 27.2 Å². The number of rotatable bonds is 4. The fraction of sp³-hybridized carbons (Fsp3) is 0.417. The monoisotopic (exact) mass is 488 g/mol. The number of carbonyl (C=O) groups is 2. The van der Waals surface area contributed by atoms with Crippen LogP contribution in [0, 0.1) is 5.82 Å². The van der Waals surface area contributed by atoms with Gasteiger partial charge in [-0.15, -0.1) is 0 Å². The highest BCUT2D eigenvalue weighted by Gasteiger charge is 2.45. The van der Waals surface area contributed by atoms with Crippen molar-refractivity contribution >= 4 is 33.2 Å². The molecule has 1 atom stereocenters. The van der Waals surface area contributed by atoms with Crippen molar-refractivity contribution in [2.24, 2.45) is 0 Å². The van der Waals surface area contributed by atoms with E-state index in [1.807, 2.05) is 11.0 Å². The molecule has 2 amide bonds. The van der Waals surface area contributed by atoms with E-state index in [1.54, 1.807) is 43.9 Å². The third kappa shape index (κ3) is 4.33. The fourth-order valence-corrected chi connectivity index (χ4v) is 5.96. The van der Waals surface area contributed by atoms with Gasteiger partial charge in [-0.05, 0) is 63.6 Å². The van der Waals surface area contributed by atoms with Crippen LogP contribution in [0.4, 0.5) is 15.8 Å². The number of hydrogen-bond acceptors (Lipinski definition) is 5. The SMILES string of the molecule is CC(C(=O)N1c2ccccc2NC(=O)C1(C)C)N1CCCN(S(=O)(=O)c2ccc(F)cc2)CC1. The van der Waals surface area contributed by atoms with E-state index in [0.717, 1.165) is 12.1 Å². The lowest BCUT2D eigenvalue weighted by Crippen LogP contribution is -2.62. The summed E-state index contributed by atoms with van der Waals surface area (Å²) in [6.07, 6.45) is 0.540. The maximum Gasteiger partial charge on any atom is 0.250 e. The summed E-state index contributed by atoms with van der Waals surface area (Å²) in [5.41, 5.74) is 0.142. The Bertz CT molecular complexity index is 1200. The first kappa shape index (κ1) is 24.3. The Hall–Kier alpha value is -2.82. The van der Waals surface area contributed by atoms with E-state index >= 15 is 0 Å². The van der Waals surface area contributed by atoms with Crippen LogP contribution in [0.2, 0.25) is 0 Å². The lowest BCUT2D eigenvalue weighted by molar-refractivity contribution is -0.129. The highest BCUT2D eigenvalue weighted by Crippen LogP contribution is 2.37. The number of sulfonamides is 1. The lowest BCUT2D eigenvalue weighted by atomic mass is 9.95. The predicted octanol–water partition coefficient (Wildman–Crippen LogP) is 2.67. The van der Waals surface area contributed by atoms with Gasteiger partial charge in [0.15, 0.2) is 0 Å². The third-order valence-corrected chi connectivity index (χ3v) is 8.49. The van der Waals surface area contributed by atoms with Gasteiger partial charge in [0.05, 0.1) is 22.3 Å². The van der Waals surface area contributed by atoms with Gasteiger partial charge in [-0.3, -0.25) is 19.4 Å². The lowest BCUT2D eigenvalue weighted by Gasteiger charge is -2.44. The van der Waals surface area contributed by atoms with E-state index in [4.69, 9.17) is 0 Å². The molecule has 1 unspecified atom stereocenters. The van der Waals surface area contributed by atoms with Crippen LogP contribution in [0.3, 0.4) is 0 Å². The third-order valence-electron chi connectivity index (χ3n) is 6.57. The average molecular weight is 489 g/mol. The molecule has 2 aliphatic rings. The number of carbonyl (C=O) groups excluding carboxylic acids is 2. The first-order chi connectivity index (χ1) is 16.0. The first-order valence-electron chi connectivity index (χ1n) is 11.3. The van der Waals surface area contributed by atoms with Gasteiger partial charge in [-0.2, -0.15) is 4.31 Å². The molecule has 0 radical (unpaired) electrons. The second kappa shape index (κ2) is 9.09. The molecule has 0 bridgehead atoms. The molecule has 1 fully saturated rings. The number of fused-ring (bicyclic) bond motifs is 1. The molecular weight excluding hydrogens is 459 g/mol. The number of nitrogens with zero attached hydrogens (tertiary/aromatic N) is 3. The van der Waals surface area contributed by atoms with Crippen molar-refractivity contribution in [2.75, 3.05) is 36.4 Å². The molecular formula is C24H29FN4O4S. The van der Waals surface area contributed by atoms with Gasteiger partial charge < -0.3 is 5.32 Å². The van der Waals surface area contributed by atoms with E-state index in [9.17, 15) is 22.4 Å². The van der Waals surface area contributed by atoms with Crippen LogP contribution >= 0.6 is 0 Å².